The molecule has 0 saturated carbocycles. The highest BCUT2D eigenvalue weighted by Gasteiger charge is 2.03. The molecule has 2 aromatic carbocycles. The van der Waals surface area contributed by atoms with Crippen LogP contribution in [0.5, 0.6) is 0 Å². The third kappa shape index (κ3) is 4.81. The standard InChI is InChI=1S/C17H20BrN/c1-13-3-5-16(6-4-13)12-19-14(2)11-15-7-9-17(18)10-8-15/h3-10,14,19H,11-12H2,1-2H3. The maximum absolute atomic E-state index is 3.57. The predicted octanol–water partition coefficient (Wildman–Crippen LogP) is 4.48. The Morgan fingerprint density at radius 3 is 2.16 bits per heavy atom. The second kappa shape index (κ2) is 6.88. The van der Waals surface area contributed by atoms with Crippen molar-refractivity contribution in [2.75, 3.05) is 0 Å². The van der Waals surface area contributed by atoms with E-state index < -0.39 is 0 Å². The lowest BCUT2D eigenvalue weighted by Crippen LogP contribution is -2.27. The minimum Gasteiger partial charge on any atom is -0.310 e. The first-order chi connectivity index (χ1) is 9.13. The van der Waals surface area contributed by atoms with Crippen LogP contribution in [0.25, 0.3) is 0 Å². The van der Waals surface area contributed by atoms with Gasteiger partial charge in [-0.3, -0.25) is 0 Å². The van der Waals surface area contributed by atoms with Crippen molar-refractivity contribution in [3.05, 3.63) is 69.7 Å². The smallest absolute Gasteiger partial charge is 0.0208 e. The zero-order chi connectivity index (χ0) is 13.7. The molecule has 0 fully saturated rings. The average Bonchev–Trinajstić information content (AvgIpc) is 2.41. The summed E-state index contributed by atoms with van der Waals surface area (Å²) in [7, 11) is 0. The molecule has 0 aromatic heterocycles. The number of nitrogens with one attached hydrogen (secondary N) is 1. The summed E-state index contributed by atoms with van der Waals surface area (Å²) in [5.41, 5.74) is 4.02. The van der Waals surface area contributed by atoms with E-state index in [9.17, 15) is 0 Å². The fraction of sp³-hybridized carbons (Fsp3) is 0.294. The summed E-state index contributed by atoms with van der Waals surface area (Å²) >= 11 is 3.46. The van der Waals surface area contributed by atoms with E-state index in [1.807, 2.05) is 0 Å². The predicted molar refractivity (Wildman–Crippen MR) is 85.3 cm³/mol. The number of halogens is 1. The van der Waals surface area contributed by atoms with Crippen LogP contribution in [0, 0.1) is 6.92 Å². The van der Waals surface area contributed by atoms with Crippen molar-refractivity contribution < 1.29 is 0 Å². The van der Waals surface area contributed by atoms with Crippen LogP contribution in [0.1, 0.15) is 23.6 Å². The maximum Gasteiger partial charge on any atom is 0.0208 e. The van der Waals surface area contributed by atoms with Gasteiger partial charge in [0.1, 0.15) is 0 Å². The van der Waals surface area contributed by atoms with E-state index in [4.69, 9.17) is 0 Å². The summed E-state index contributed by atoms with van der Waals surface area (Å²) in [6, 6.07) is 17.7. The van der Waals surface area contributed by atoms with Crippen LogP contribution in [-0.4, -0.2) is 6.04 Å². The Labute approximate surface area is 124 Å². The van der Waals surface area contributed by atoms with Crippen LogP contribution in [0.4, 0.5) is 0 Å². The fourth-order valence-corrected chi connectivity index (χ4v) is 2.31. The number of rotatable bonds is 5. The van der Waals surface area contributed by atoms with E-state index in [0.29, 0.717) is 6.04 Å². The van der Waals surface area contributed by atoms with Crippen LogP contribution < -0.4 is 5.32 Å². The highest BCUT2D eigenvalue weighted by molar-refractivity contribution is 9.10. The van der Waals surface area contributed by atoms with Crippen LogP contribution in [0.15, 0.2) is 53.0 Å². The molecular formula is C17H20BrN. The minimum atomic E-state index is 0.475. The molecule has 2 heteroatoms. The Bertz CT molecular complexity index is 502. The maximum atomic E-state index is 3.57. The van der Waals surface area contributed by atoms with E-state index in [1.54, 1.807) is 0 Å². The second-order valence-electron chi connectivity index (χ2n) is 5.10. The zero-order valence-corrected chi connectivity index (χ0v) is 13.1. The molecule has 1 nitrogen and oxygen atoms in total. The first-order valence-corrected chi connectivity index (χ1v) is 7.46. The first kappa shape index (κ1) is 14.3. The SMILES string of the molecule is Cc1ccc(CNC(C)Cc2ccc(Br)cc2)cc1. The van der Waals surface area contributed by atoms with Crippen molar-refractivity contribution in [3.8, 4) is 0 Å². The number of hydrogen-bond donors (Lipinski definition) is 1. The van der Waals surface area contributed by atoms with E-state index in [1.165, 1.54) is 16.7 Å². The second-order valence-corrected chi connectivity index (χ2v) is 6.01. The third-order valence-electron chi connectivity index (χ3n) is 3.23. The van der Waals surface area contributed by atoms with Gasteiger partial charge in [-0.15, -0.1) is 0 Å². The molecule has 100 valence electrons. The summed E-state index contributed by atoms with van der Waals surface area (Å²) in [6.07, 6.45) is 1.05. The van der Waals surface area contributed by atoms with Crippen molar-refractivity contribution in [3.63, 3.8) is 0 Å². The van der Waals surface area contributed by atoms with Crippen LogP contribution in [0.3, 0.4) is 0 Å². The van der Waals surface area contributed by atoms with Crippen LogP contribution in [0.2, 0.25) is 0 Å². The van der Waals surface area contributed by atoms with E-state index >= 15 is 0 Å². The van der Waals surface area contributed by atoms with Gasteiger partial charge >= 0.3 is 0 Å². The van der Waals surface area contributed by atoms with E-state index in [-0.39, 0.29) is 0 Å². The van der Waals surface area contributed by atoms with Gasteiger partial charge in [0.05, 0.1) is 0 Å². The normalized spacial score (nSPS) is 12.4. The van der Waals surface area contributed by atoms with Gasteiger partial charge in [-0.05, 0) is 43.5 Å². The summed E-state index contributed by atoms with van der Waals surface area (Å²) in [5, 5.41) is 3.57. The molecule has 0 radical (unpaired) electrons. The molecule has 0 aliphatic heterocycles. The lowest BCUT2D eigenvalue weighted by atomic mass is 10.1. The molecule has 1 atom stereocenters. The van der Waals surface area contributed by atoms with Crippen LogP contribution >= 0.6 is 15.9 Å². The Kier molecular flexibility index (Phi) is 5.17. The molecule has 0 aliphatic carbocycles. The van der Waals surface area contributed by atoms with Gasteiger partial charge < -0.3 is 5.32 Å². The number of hydrogen-bond acceptors (Lipinski definition) is 1. The Morgan fingerprint density at radius 1 is 0.947 bits per heavy atom. The third-order valence-corrected chi connectivity index (χ3v) is 3.76. The highest BCUT2D eigenvalue weighted by Crippen LogP contribution is 2.12. The van der Waals surface area contributed by atoms with Gasteiger partial charge in [-0.1, -0.05) is 57.9 Å². The molecule has 0 aliphatic rings. The first-order valence-electron chi connectivity index (χ1n) is 6.67. The highest BCUT2D eigenvalue weighted by atomic mass is 79.9. The molecule has 1 N–H and O–H groups in total. The summed E-state index contributed by atoms with van der Waals surface area (Å²) in [4.78, 5) is 0. The summed E-state index contributed by atoms with van der Waals surface area (Å²) < 4.78 is 1.14. The van der Waals surface area contributed by atoms with Crippen molar-refractivity contribution in [1.29, 1.82) is 0 Å². The van der Waals surface area contributed by atoms with Gasteiger partial charge in [0.25, 0.3) is 0 Å². The van der Waals surface area contributed by atoms with Gasteiger partial charge in [0, 0.05) is 17.1 Å². The lowest BCUT2D eigenvalue weighted by Gasteiger charge is -2.14. The molecule has 2 aromatic rings. The van der Waals surface area contributed by atoms with Gasteiger partial charge in [-0.25, -0.2) is 0 Å². The van der Waals surface area contributed by atoms with Gasteiger partial charge in [0.15, 0.2) is 0 Å². The zero-order valence-electron chi connectivity index (χ0n) is 11.5. The number of benzene rings is 2. The summed E-state index contributed by atoms with van der Waals surface area (Å²) in [5.74, 6) is 0. The Morgan fingerprint density at radius 2 is 1.53 bits per heavy atom. The Balaban J connectivity index is 1.82. The molecule has 0 amide bonds. The fourth-order valence-electron chi connectivity index (χ4n) is 2.04. The molecule has 0 saturated heterocycles. The van der Waals surface area contributed by atoms with Crippen molar-refractivity contribution in [2.45, 2.75) is 32.9 Å². The molecule has 0 bridgehead atoms. The lowest BCUT2D eigenvalue weighted by molar-refractivity contribution is 0.545. The number of aryl methyl sites for hydroxylation is 1. The average molecular weight is 318 g/mol. The monoisotopic (exact) mass is 317 g/mol. The van der Waals surface area contributed by atoms with Crippen molar-refractivity contribution in [2.24, 2.45) is 0 Å². The Hall–Kier alpha value is -1.12. The van der Waals surface area contributed by atoms with Gasteiger partial charge in [0.2, 0.25) is 0 Å². The topological polar surface area (TPSA) is 12.0 Å². The quantitative estimate of drug-likeness (QED) is 0.857. The molecule has 0 spiro atoms. The molecular weight excluding hydrogens is 298 g/mol. The summed E-state index contributed by atoms with van der Waals surface area (Å²) in [6.45, 7) is 5.28. The largest absolute Gasteiger partial charge is 0.310 e. The molecule has 19 heavy (non-hydrogen) atoms. The minimum absolute atomic E-state index is 0.475. The van der Waals surface area contributed by atoms with Crippen molar-refractivity contribution in [1.82, 2.24) is 5.32 Å². The van der Waals surface area contributed by atoms with Crippen LogP contribution in [-0.2, 0) is 13.0 Å². The van der Waals surface area contributed by atoms with E-state index in [2.05, 4.69) is 83.6 Å². The molecule has 0 heterocycles. The molecule has 1 unspecified atom stereocenters. The van der Waals surface area contributed by atoms with E-state index in [0.717, 1.165) is 17.4 Å². The van der Waals surface area contributed by atoms with Crippen molar-refractivity contribution >= 4 is 15.9 Å². The van der Waals surface area contributed by atoms with Gasteiger partial charge in [-0.2, -0.15) is 0 Å². The molecule has 2 rings (SSSR count).